The molecule has 21 heavy (non-hydrogen) atoms. The third kappa shape index (κ3) is 3.27. The Hall–Kier alpha value is -1.80. The van der Waals surface area contributed by atoms with E-state index in [0.717, 1.165) is 11.1 Å². The van der Waals surface area contributed by atoms with Crippen molar-refractivity contribution in [3.8, 4) is 16.9 Å². The monoisotopic (exact) mass is 302 g/mol. The van der Waals surface area contributed by atoms with Crippen LogP contribution in [0.15, 0.2) is 36.4 Å². The van der Waals surface area contributed by atoms with E-state index in [-0.39, 0.29) is 5.78 Å². The summed E-state index contributed by atoms with van der Waals surface area (Å²) in [6, 6.07) is 11.8. The fraction of sp³-hybridized carbons (Fsp3) is 0.278. The van der Waals surface area contributed by atoms with Crippen LogP contribution in [-0.2, 0) is 0 Å². The van der Waals surface area contributed by atoms with Crippen LogP contribution in [-0.4, -0.2) is 12.9 Å². The summed E-state index contributed by atoms with van der Waals surface area (Å²) >= 11 is 6.36. The molecule has 2 nitrogen and oxygen atoms in total. The van der Waals surface area contributed by atoms with Crippen LogP contribution in [0.5, 0.6) is 5.75 Å². The Morgan fingerprint density at radius 2 is 1.90 bits per heavy atom. The Bertz CT molecular complexity index is 675. The molecule has 0 saturated carbocycles. The second kappa shape index (κ2) is 6.31. The minimum absolute atomic E-state index is 0.0590. The number of hydrogen-bond acceptors (Lipinski definition) is 2. The van der Waals surface area contributed by atoms with E-state index in [0.29, 0.717) is 22.3 Å². The lowest BCUT2D eigenvalue weighted by Gasteiger charge is -2.13. The van der Waals surface area contributed by atoms with Crippen LogP contribution in [0.25, 0.3) is 11.1 Å². The molecule has 110 valence electrons. The molecule has 0 aliphatic heterocycles. The molecule has 0 aliphatic carbocycles. The third-order valence-corrected chi connectivity index (χ3v) is 3.85. The molecule has 0 aromatic heterocycles. The summed E-state index contributed by atoms with van der Waals surface area (Å²) in [7, 11) is 1.56. The number of halogens is 1. The van der Waals surface area contributed by atoms with Crippen LogP contribution in [0.3, 0.4) is 0 Å². The standard InChI is InChI=1S/C18H19ClO2/c1-11(2)13-6-5-7-14(8-13)16-10-18(21-4)15(12(3)20)9-17(16)19/h5-11H,1-4H3. The van der Waals surface area contributed by atoms with Gasteiger partial charge in [0.15, 0.2) is 5.78 Å². The van der Waals surface area contributed by atoms with E-state index in [2.05, 4.69) is 26.0 Å². The van der Waals surface area contributed by atoms with Crippen molar-refractivity contribution in [3.05, 3.63) is 52.5 Å². The molecule has 2 aromatic carbocycles. The summed E-state index contributed by atoms with van der Waals surface area (Å²) in [5, 5.41) is 0.557. The van der Waals surface area contributed by atoms with Crippen molar-refractivity contribution < 1.29 is 9.53 Å². The maximum absolute atomic E-state index is 11.6. The highest BCUT2D eigenvalue weighted by molar-refractivity contribution is 6.33. The molecule has 0 spiro atoms. The molecule has 0 aliphatic rings. The number of hydrogen-bond donors (Lipinski definition) is 0. The van der Waals surface area contributed by atoms with E-state index in [9.17, 15) is 4.79 Å². The summed E-state index contributed by atoms with van der Waals surface area (Å²) < 4.78 is 5.32. The lowest BCUT2D eigenvalue weighted by Crippen LogP contribution is -1.98. The number of ketones is 1. The first-order valence-corrected chi connectivity index (χ1v) is 7.30. The number of carbonyl (C=O) groups excluding carboxylic acids is 1. The minimum atomic E-state index is -0.0590. The van der Waals surface area contributed by atoms with Gasteiger partial charge in [-0.2, -0.15) is 0 Å². The molecule has 0 N–H and O–H groups in total. The predicted octanol–water partition coefficient (Wildman–Crippen LogP) is 5.34. The van der Waals surface area contributed by atoms with E-state index in [1.54, 1.807) is 13.2 Å². The van der Waals surface area contributed by atoms with Gasteiger partial charge in [0.05, 0.1) is 12.7 Å². The molecular formula is C18H19ClO2. The highest BCUT2D eigenvalue weighted by atomic mass is 35.5. The Morgan fingerprint density at radius 1 is 1.19 bits per heavy atom. The fourth-order valence-corrected chi connectivity index (χ4v) is 2.56. The van der Waals surface area contributed by atoms with Crippen LogP contribution in [0, 0.1) is 0 Å². The van der Waals surface area contributed by atoms with Gasteiger partial charge in [0.1, 0.15) is 5.75 Å². The molecule has 0 radical (unpaired) electrons. The fourth-order valence-electron chi connectivity index (χ4n) is 2.28. The van der Waals surface area contributed by atoms with E-state index in [1.165, 1.54) is 12.5 Å². The molecular weight excluding hydrogens is 284 g/mol. The summed E-state index contributed by atoms with van der Waals surface area (Å²) in [6.07, 6.45) is 0. The van der Waals surface area contributed by atoms with Crippen LogP contribution in [0.1, 0.15) is 42.6 Å². The second-order valence-corrected chi connectivity index (χ2v) is 5.78. The zero-order valence-corrected chi connectivity index (χ0v) is 13.5. The minimum Gasteiger partial charge on any atom is -0.496 e. The first-order chi connectivity index (χ1) is 9.93. The molecule has 2 rings (SSSR count). The van der Waals surface area contributed by atoms with E-state index >= 15 is 0 Å². The molecule has 0 unspecified atom stereocenters. The van der Waals surface area contributed by atoms with Crippen LogP contribution in [0.2, 0.25) is 5.02 Å². The molecule has 2 aromatic rings. The Morgan fingerprint density at radius 3 is 2.48 bits per heavy atom. The van der Waals surface area contributed by atoms with Crippen LogP contribution < -0.4 is 4.74 Å². The smallest absolute Gasteiger partial charge is 0.163 e. The van der Waals surface area contributed by atoms with Crippen LogP contribution in [0.4, 0.5) is 0 Å². The predicted molar refractivity (Wildman–Crippen MR) is 87.5 cm³/mol. The van der Waals surface area contributed by atoms with E-state index in [4.69, 9.17) is 16.3 Å². The van der Waals surface area contributed by atoms with Crippen molar-refractivity contribution in [2.45, 2.75) is 26.7 Å². The number of Topliss-reactive ketones (excluding diaryl/α,β-unsaturated/α-hetero) is 1. The molecule has 0 amide bonds. The van der Waals surface area contributed by atoms with Crippen molar-refractivity contribution in [3.63, 3.8) is 0 Å². The number of methoxy groups -OCH3 is 1. The largest absolute Gasteiger partial charge is 0.496 e. The zero-order chi connectivity index (χ0) is 15.6. The molecule has 0 bridgehead atoms. The second-order valence-electron chi connectivity index (χ2n) is 5.37. The maximum Gasteiger partial charge on any atom is 0.163 e. The van der Waals surface area contributed by atoms with Gasteiger partial charge in [-0.15, -0.1) is 0 Å². The number of carbonyl (C=O) groups is 1. The molecule has 0 atom stereocenters. The maximum atomic E-state index is 11.6. The van der Waals surface area contributed by atoms with Gasteiger partial charge >= 0.3 is 0 Å². The highest BCUT2D eigenvalue weighted by Gasteiger charge is 2.14. The average Bonchev–Trinajstić information content (AvgIpc) is 2.46. The zero-order valence-electron chi connectivity index (χ0n) is 12.7. The lowest BCUT2D eigenvalue weighted by atomic mass is 9.96. The van der Waals surface area contributed by atoms with Gasteiger partial charge in [-0.3, -0.25) is 4.79 Å². The van der Waals surface area contributed by atoms with Gasteiger partial charge < -0.3 is 4.74 Å². The topological polar surface area (TPSA) is 26.3 Å². The molecule has 0 heterocycles. The van der Waals surface area contributed by atoms with Gasteiger partial charge in [-0.1, -0.05) is 49.7 Å². The van der Waals surface area contributed by atoms with Crippen molar-refractivity contribution in [2.75, 3.05) is 7.11 Å². The van der Waals surface area contributed by atoms with Crippen molar-refractivity contribution in [1.82, 2.24) is 0 Å². The van der Waals surface area contributed by atoms with Gasteiger partial charge in [-0.05, 0) is 36.1 Å². The van der Waals surface area contributed by atoms with Gasteiger partial charge in [0.2, 0.25) is 0 Å². The van der Waals surface area contributed by atoms with Crippen molar-refractivity contribution in [1.29, 1.82) is 0 Å². The molecule has 0 saturated heterocycles. The van der Waals surface area contributed by atoms with Crippen molar-refractivity contribution >= 4 is 17.4 Å². The van der Waals surface area contributed by atoms with Gasteiger partial charge in [0.25, 0.3) is 0 Å². The highest BCUT2D eigenvalue weighted by Crippen LogP contribution is 2.35. The quantitative estimate of drug-likeness (QED) is 0.712. The average molecular weight is 303 g/mol. The summed E-state index contributed by atoms with van der Waals surface area (Å²) in [5.74, 6) is 0.940. The molecule has 3 heteroatoms. The summed E-state index contributed by atoms with van der Waals surface area (Å²) in [4.78, 5) is 11.6. The SMILES string of the molecule is COc1cc(-c2cccc(C(C)C)c2)c(Cl)cc1C(C)=O. The Kier molecular flexibility index (Phi) is 4.69. The number of rotatable bonds is 4. The number of benzene rings is 2. The van der Waals surface area contributed by atoms with E-state index < -0.39 is 0 Å². The Balaban J connectivity index is 2.59. The third-order valence-electron chi connectivity index (χ3n) is 3.53. The lowest BCUT2D eigenvalue weighted by molar-refractivity contribution is 0.101. The van der Waals surface area contributed by atoms with Gasteiger partial charge in [-0.25, -0.2) is 0 Å². The first-order valence-electron chi connectivity index (χ1n) is 6.92. The molecule has 0 fully saturated rings. The van der Waals surface area contributed by atoms with Crippen LogP contribution >= 0.6 is 11.6 Å². The summed E-state index contributed by atoms with van der Waals surface area (Å²) in [5.41, 5.74) is 3.66. The summed E-state index contributed by atoms with van der Waals surface area (Å²) in [6.45, 7) is 5.81. The Labute approximate surface area is 130 Å². The van der Waals surface area contributed by atoms with Crippen molar-refractivity contribution in [2.24, 2.45) is 0 Å². The number of ether oxygens (including phenoxy) is 1. The normalized spacial score (nSPS) is 10.8. The van der Waals surface area contributed by atoms with E-state index in [1.807, 2.05) is 18.2 Å². The first kappa shape index (κ1) is 15.6. The van der Waals surface area contributed by atoms with Gasteiger partial charge in [0, 0.05) is 10.6 Å².